The number of carbonyl (C=O) groups is 1. The zero-order valence-corrected chi connectivity index (χ0v) is 15.0. The molecule has 3 rings (SSSR count). The minimum Gasteiger partial charge on any atom is -0.494 e. The van der Waals surface area contributed by atoms with Crippen molar-refractivity contribution in [2.24, 2.45) is 0 Å². The molecular formula is C22H25NO2. The highest BCUT2D eigenvalue weighted by Crippen LogP contribution is 2.26. The average Bonchev–Trinajstić information content (AvgIpc) is 2.62. The Kier molecular flexibility index (Phi) is 5.67. The molecule has 2 aromatic carbocycles. The zero-order valence-electron chi connectivity index (χ0n) is 15.0. The highest BCUT2D eigenvalue weighted by Gasteiger charge is 2.20. The maximum Gasteiger partial charge on any atom is 0.189 e. The molecule has 2 aromatic rings. The SMILES string of the molecule is CN(C)CCCOc1ccc(C=C2CCc3ccccc3C2=O)cc1. The van der Waals surface area contributed by atoms with Gasteiger partial charge in [-0.2, -0.15) is 0 Å². The van der Waals surface area contributed by atoms with Crippen molar-refractivity contribution < 1.29 is 9.53 Å². The van der Waals surface area contributed by atoms with Crippen molar-refractivity contribution in [3.63, 3.8) is 0 Å². The van der Waals surface area contributed by atoms with E-state index >= 15 is 0 Å². The number of hydrogen-bond donors (Lipinski definition) is 0. The number of rotatable bonds is 6. The van der Waals surface area contributed by atoms with Crippen molar-refractivity contribution in [3.8, 4) is 5.75 Å². The number of allylic oxidation sites excluding steroid dienone is 1. The normalized spacial score (nSPS) is 15.5. The molecule has 3 nitrogen and oxygen atoms in total. The number of benzene rings is 2. The van der Waals surface area contributed by atoms with E-state index in [0.29, 0.717) is 6.61 Å². The number of hydrogen-bond acceptors (Lipinski definition) is 3. The van der Waals surface area contributed by atoms with E-state index in [2.05, 4.69) is 19.0 Å². The summed E-state index contributed by atoms with van der Waals surface area (Å²) in [6, 6.07) is 15.9. The summed E-state index contributed by atoms with van der Waals surface area (Å²) in [7, 11) is 4.13. The lowest BCUT2D eigenvalue weighted by molar-refractivity contribution is 0.102. The highest BCUT2D eigenvalue weighted by molar-refractivity contribution is 6.13. The molecule has 1 aliphatic carbocycles. The maximum atomic E-state index is 12.6. The molecule has 0 bridgehead atoms. The third kappa shape index (κ3) is 4.58. The van der Waals surface area contributed by atoms with E-state index in [9.17, 15) is 4.79 Å². The van der Waals surface area contributed by atoms with Gasteiger partial charge in [-0.15, -0.1) is 0 Å². The lowest BCUT2D eigenvalue weighted by Gasteiger charge is -2.17. The Morgan fingerprint density at radius 2 is 1.80 bits per heavy atom. The summed E-state index contributed by atoms with van der Waals surface area (Å²) in [5.41, 5.74) is 3.94. The fraction of sp³-hybridized carbons (Fsp3) is 0.318. The summed E-state index contributed by atoms with van der Waals surface area (Å²) < 4.78 is 5.75. The van der Waals surface area contributed by atoms with Crippen LogP contribution in [0, 0.1) is 0 Å². The first-order valence-corrected chi connectivity index (χ1v) is 8.84. The van der Waals surface area contributed by atoms with E-state index in [-0.39, 0.29) is 5.78 Å². The van der Waals surface area contributed by atoms with Gasteiger partial charge in [0.1, 0.15) is 5.75 Å². The summed E-state index contributed by atoms with van der Waals surface area (Å²) in [5.74, 6) is 1.03. The Bertz CT molecular complexity index is 760. The summed E-state index contributed by atoms with van der Waals surface area (Å²) in [6.07, 6.45) is 4.75. The first-order valence-electron chi connectivity index (χ1n) is 8.84. The van der Waals surface area contributed by atoms with Crippen LogP contribution in [-0.2, 0) is 6.42 Å². The second-order valence-corrected chi connectivity index (χ2v) is 6.73. The van der Waals surface area contributed by atoms with Crippen molar-refractivity contribution in [1.29, 1.82) is 0 Å². The predicted molar refractivity (Wildman–Crippen MR) is 102 cm³/mol. The molecule has 0 saturated heterocycles. The maximum absolute atomic E-state index is 12.6. The highest BCUT2D eigenvalue weighted by atomic mass is 16.5. The van der Waals surface area contributed by atoms with Crippen molar-refractivity contribution >= 4 is 11.9 Å². The quantitative estimate of drug-likeness (QED) is 0.584. The molecule has 0 radical (unpaired) electrons. The Balaban J connectivity index is 1.63. The fourth-order valence-electron chi connectivity index (χ4n) is 3.09. The van der Waals surface area contributed by atoms with Gasteiger partial charge in [0.2, 0.25) is 0 Å². The average molecular weight is 335 g/mol. The van der Waals surface area contributed by atoms with Crippen molar-refractivity contribution in [2.75, 3.05) is 27.2 Å². The van der Waals surface area contributed by atoms with E-state index in [4.69, 9.17) is 4.74 Å². The molecule has 0 saturated carbocycles. The van der Waals surface area contributed by atoms with Gasteiger partial charge in [0.25, 0.3) is 0 Å². The molecule has 0 N–H and O–H groups in total. The van der Waals surface area contributed by atoms with Gasteiger partial charge in [0, 0.05) is 17.7 Å². The van der Waals surface area contributed by atoms with Gasteiger partial charge in [-0.05, 0) is 62.7 Å². The van der Waals surface area contributed by atoms with Crippen LogP contribution in [0.3, 0.4) is 0 Å². The minimum atomic E-state index is 0.158. The van der Waals surface area contributed by atoms with Crippen molar-refractivity contribution in [2.45, 2.75) is 19.3 Å². The number of ketones is 1. The fourth-order valence-corrected chi connectivity index (χ4v) is 3.09. The van der Waals surface area contributed by atoms with Gasteiger partial charge in [-0.3, -0.25) is 4.79 Å². The van der Waals surface area contributed by atoms with Crippen LogP contribution in [0.25, 0.3) is 6.08 Å². The van der Waals surface area contributed by atoms with Gasteiger partial charge in [0.05, 0.1) is 6.61 Å². The summed E-state index contributed by atoms with van der Waals surface area (Å²) in [4.78, 5) is 14.8. The second-order valence-electron chi connectivity index (χ2n) is 6.73. The molecule has 25 heavy (non-hydrogen) atoms. The molecule has 0 spiro atoms. The molecule has 0 fully saturated rings. The van der Waals surface area contributed by atoms with Gasteiger partial charge in [-0.1, -0.05) is 36.4 Å². The summed E-state index contributed by atoms with van der Waals surface area (Å²) >= 11 is 0. The van der Waals surface area contributed by atoms with E-state index in [1.807, 2.05) is 54.6 Å². The monoisotopic (exact) mass is 335 g/mol. The molecule has 0 aromatic heterocycles. The summed E-state index contributed by atoms with van der Waals surface area (Å²) in [5, 5.41) is 0. The predicted octanol–water partition coefficient (Wildman–Crippen LogP) is 4.23. The van der Waals surface area contributed by atoms with Crippen LogP contribution in [0.15, 0.2) is 54.1 Å². The molecule has 3 heteroatoms. The summed E-state index contributed by atoms with van der Waals surface area (Å²) in [6.45, 7) is 1.74. The zero-order chi connectivity index (χ0) is 17.6. The van der Waals surface area contributed by atoms with Gasteiger partial charge < -0.3 is 9.64 Å². The third-order valence-electron chi connectivity index (χ3n) is 4.46. The number of nitrogens with zero attached hydrogens (tertiary/aromatic N) is 1. The molecule has 0 heterocycles. The van der Waals surface area contributed by atoms with E-state index in [1.165, 1.54) is 0 Å². The van der Waals surface area contributed by atoms with E-state index < -0.39 is 0 Å². The molecule has 0 unspecified atom stereocenters. The van der Waals surface area contributed by atoms with E-state index in [0.717, 1.165) is 53.8 Å². The number of aryl methyl sites for hydroxylation is 1. The molecule has 130 valence electrons. The molecule has 0 atom stereocenters. The van der Waals surface area contributed by atoms with Crippen molar-refractivity contribution in [1.82, 2.24) is 4.90 Å². The number of carbonyl (C=O) groups excluding carboxylic acids is 1. The minimum absolute atomic E-state index is 0.158. The lowest BCUT2D eigenvalue weighted by Crippen LogP contribution is -2.15. The van der Waals surface area contributed by atoms with Crippen LogP contribution in [0.1, 0.15) is 34.3 Å². The van der Waals surface area contributed by atoms with Crippen LogP contribution in [0.4, 0.5) is 0 Å². The van der Waals surface area contributed by atoms with Gasteiger partial charge in [-0.25, -0.2) is 0 Å². The standard InChI is InChI=1S/C22H25NO2/c1-23(2)14-5-15-25-20-12-8-17(9-13-20)16-19-11-10-18-6-3-4-7-21(18)22(19)24/h3-4,6-9,12-13,16H,5,10-11,14-15H2,1-2H3. The second kappa shape index (κ2) is 8.13. The van der Waals surface area contributed by atoms with Crippen LogP contribution in [0.2, 0.25) is 0 Å². The van der Waals surface area contributed by atoms with Crippen molar-refractivity contribution in [3.05, 3.63) is 70.8 Å². The first-order chi connectivity index (χ1) is 12.1. The largest absolute Gasteiger partial charge is 0.494 e. The van der Waals surface area contributed by atoms with Crippen LogP contribution >= 0.6 is 0 Å². The van der Waals surface area contributed by atoms with Gasteiger partial charge in [0.15, 0.2) is 5.78 Å². The Hall–Kier alpha value is -2.39. The number of Topliss-reactive ketones (excluding diaryl/α,β-unsaturated/α-hetero) is 1. The Morgan fingerprint density at radius 3 is 2.56 bits per heavy atom. The molecule has 0 amide bonds. The van der Waals surface area contributed by atoms with Crippen LogP contribution < -0.4 is 4.74 Å². The Morgan fingerprint density at radius 1 is 1.04 bits per heavy atom. The first kappa shape index (κ1) is 17.4. The molecule has 1 aliphatic rings. The topological polar surface area (TPSA) is 29.5 Å². The number of fused-ring (bicyclic) bond motifs is 1. The number of ether oxygens (including phenoxy) is 1. The van der Waals surface area contributed by atoms with Gasteiger partial charge >= 0.3 is 0 Å². The van der Waals surface area contributed by atoms with E-state index in [1.54, 1.807) is 0 Å². The Labute approximate surface area is 149 Å². The smallest absolute Gasteiger partial charge is 0.189 e. The van der Waals surface area contributed by atoms with Crippen LogP contribution in [0.5, 0.6) is 5.75 Å². The lowest BCUT2D eigenvalue weighted by atomic mass is 9.86. The third-order valence-corrected chi connectivity index (χ3v) is 4.46. The molecular weight excluding hydrogens is 310 g/mol. The van der Waals surface area contributed by atoms with Crippen LogP contribution in [-0.4, -0.2) is 37.9 Å². The molecule has 0 aliphatic heterocycles.